The molecular formula is C15H32N2. The summed E-state index contributed by atoms with van der Waals surface area (Å²) >= 11 is 0. The number of unbranched alkanes of at least 4 members (excludes halogenated alkanes) is 3. The van der Waals surface area contributed by atoms with Gasteiger partial charge in [0.25, 0.3) is 0 Å². The van der Waals surface area contributed by atoms with E-state index in [2.05, 4.69) is 19.2 Å². The van der Waals surface area contributed by atoms with E-state index in [4.69, 9.17) is 5.73 Å². The first kappa shape index (κ1) is 15.0. The van der Waals surface area contributed by atoms with Crippen molar-refractivity contribution in [2.75, 3.05) is 13.1 Å². The SMILES string of the molecule is CCCCCCC(C)(CN)NCCC1CCC1. The van der Waals surface area contributed by atoms with Crippen molar-refractivity contribution < 1.29 is 0 Å². The quantitative estimate of drug-likeness (QED) is 0.574. The number of nitrogens with two attached hydrogens (primary N) is 1. The van der Waals surface area contributed by atoms with Crippen LogP contribution >= 0.6 is 0 Å². The van der Waals surface area contributed by atoms with E-state index < -0.39 is 0 Å². The molecule has 2 heteroatoms. The van der Waals surface area contributed by atoms with Crippen molar-refractivity contribution in [1.29, 1.82) is 0 Å². The third-order valence-corrected chi connectivity index (χ3v) is 4.36. The number of rotatable bonds is 10. The highest BCUT2D eigenvalue weighted by Gasteiger charge is 2.22. The van der Waals surface area contributed by atoms with Crippen LogP contribution in [0.3, 0.4) is 0 Å². The molecule has 0 bridgehead atoms. The smallest absolute Gasteiger partial charge is 0.0275 e. The Morgan fingerprint density at radius 1 is 1.24 bits per heavy atom. The summed E-state index contributed by atoms with van der Waals surface area (Å²) in [6.45, 7) is 6.48. The molecular weight excluding hydrogens is 208 g/mol. The van der Waals surface area contributed by atoms with Crippen molar-refractivity contribution in [3.05, 3.63) is 0 Å². The lowest BCUT2D eigenvalue weighted by Gasteiger charge is -2.32. The number of hydrogen-bond donors (Lipinski definition) is 2. The van der Waals surface area contributed by atoms with Gasteiger partial charge in [0.05, 0.1) is 0 Å². The number of hydrogen-bond acceptors (Lipinski definition) is 2. The zero-order chi connectivity index (χ0) is 12.6. The Labute approximate surface area is 108 Å². The van der Waals surface area contributed by atoms with E-state index in [0.29, 0.717) is 0 Å². The number of nitrogens with one attached hydrogen (secondary N) is 1. The molecule has 0 amide bonds. The lowest BCUT2D eigenvalue weighted by molar-refractivity contribution is 0.262. The molecule has 3 N–H and O–H groups in total. The summed E-state index contributed by atoms with van der Waals surface area (Å²) in [5.74, 6) is 1.00. The van der Waals surface area contributed by atoms with Gasteiger partial charge in [0, 0.05) is 12.1 Å². The van der Waals surface area contributed by atoms with Crippen molar-refractivity contribution >= 4 is 0 Å². The predicted octanol–water partition coefficient (Wildman–Crippen LogP) is 3.45. The molecule has 1 atom stereocenters. The van der Waals surface area contributed by atoms with Crippen LogP contribution in [0, 0.1) is 5.92 Å². The van der Waals surface area contributed by atoms with Crippen LogP contribution in [0.25, 0.3) is 0 Å². The van der Waals surface area contributed by atoms with Crippen molar-refractivity contribution in [3.63, 3.8) is 0 Å². The second-order valence-corrected chi connectivity index (χ2v) is 6.09. The van der Waals surface area contributed by atoms with Crippen molar-refractivity contribution in [1.82, 2.24) is 5.32 Å². The Morgan fingerprint density at radius 2 is 2.00 bits per heavy atom. The summed E-state index contributed by atoms with van der Waals surface area (Å²) < 4.78 is 0. The van der Waals surface area contributed by atoms with Crippen LogP contribution in [0.1, 0.15) is 71.6 Å². The van der Waals surface area contributed by atoms with Crippen LogP contribution in [0.15, 0.2) is 0 Å². The molecule has 1 unspecified atom stereocenters. The van der Waals surface area contributed by atoms with E-state index in [1.165, 1.54) is 57.8 Å². The summed E-state index contributed by atoms with van der Waals surface area (Å²) in [6, 6.07) is 0. The molecule has 0 heterocycles. The third-order valence-electron chi connectivity index (χ3n) is 4.36. The van der Waals surface area contributed by atoms with Crippen LogP contribution in [-0.2, 0) is 0 Å². The molecule has 17 heavy (non-hydrogen) atoms. The molecule has 102 valence electrons. The average molecular weight is 240 g/mol. The minimum absolute atomic E-state index is 0.178. The van der Waals surface area contributed by atoms with E-state index in [0.717, 1.165) is 19.0 Å². The fourth-order valence-electron chi connectivity index (χ4n) is 2.56. The zero-order valence-corrected chi connectivity index (χ0v) is 11.9. The second kappa shape index (κ2) is 8.10. The molecule has 0 aromatic heterocycles. The maximum atomic E-state index is 5.92. The molecule has 1 fully saturated rings. The predicted molar refractivity (Wildman–Crippen MR) is 76.2 cm³/mol. The van der Waals surface area contributed by atoms with Gasteiger partial charge >= 0.3 is 0 Å². The van der Waals surface area contributed by atoms with Gasteiger partial charge in [-0.2, -0.15) is 0 Å². The molecule has 0 aromatic carbocycles. The van der Waals surface area contributed by atoms with Crippen molar-refractivity contribution in [2.24, 2.45) is 11.7 Å². The largest absolute Gasteiger partial charge is 0.329 e. The van der Waals surface area contributed by atoms with Gasteiger partial charge in [-0.15, -0.1) is 0 Å². The van der Waals surface area contributed by atoms with Gasteiger partial charge in [0.2, 0.25) is 0 Å². The minimum atomic E-state index is 0.178. The molecule has 0 aromatic rings. The summed E-state index contributed by atoms with van der Waals surface area (Å²) in [5.41, 5.74) is 6.10. The van der Waals surface area contributed by atoms with E-state index in [1.54, 1.807) is 0 Å². The van der Waals surface area contributed by atoms with Gasteiger partial charge < -0.3 is 11.1 Å². The third kappa shape index (κ3) is 5.87. The van der Waals surface area contributed by atoms with Crippen molar-refractivity contribution in [3.8, 4) is 0 Å². The van der Waals surface area contributed by atoms with Gasteiger partial charge in [0.1, 0.15) is 0 Å². The highest BCUT2D eigenvalue weighted by Crippen LogP contribution is 2.29. The van der Waals surface area contributed by atoms with E-state index in [9.17, 15) is 0 Å². The standard InChI is InChI=1S/C15H32N2/c1-3-4-5-6-11-15(2,13-16)17-12-10-14-8-7-9-14/h14,17H,3-13,16H2,1-2H3. The summed E-state index contributed by atoms with van der Waals surface area (Å²) in [7, 11) is 0. The van der Waals surface area contributed by atoms with E-state index in [1.807, 2.05) is 0 Å². The molecule has 1 aliphatic rings. The highest BCUT2D eigenvalue weighted by molar-refractivity contribution is 4.84. The Kier molecular flexibility index (Phi) is 7.14. The van der Waals surface area contributed by atoms with Crippen LogP contribution in [0.2, 0.25) is 0 Å². The van der Waals surface area contributed by atoms with Crippen LogP contribution in [-0.4, -0.2) is 18.6 Å². The normalized spacial score (nSPS) is 19.9. The fraction of sp³-hybridized carbons (Fsp3) is 1.00. The zero-order valence-electron chi connectivity index (χ0n) is 11.9. The van der Waals surface area contributed by atoms with E-state index in [-0.39, 0.29) is 5.54 Å². The monoisotopic (exact) mass is 240 g/mol. The second-order valence-electron chi connectivity index (χ2n) is 6.09. The Hall–Kier alpha value is -0.0800. The topological polar surface area (TPSA) is 38.0 Å². The molecule has 2 nitrogen and oxygen atoms in total. The fourth-order valence-corrected chi connectivity index (χ4v) is 2.56. The first-order chi connectivity index (χ1) is 8.20. The van der Waals surface area contributed by atoms with E-state index >= 15 is 0 Å². The summed E-state index contributed by atoms with van der Waals surface area (Å²) in [5, 5.41) is 3.70. The molecule has 1 rings (SSSR count). The molecule has 0 radical (unpaired) electrons. The van der Waals surface area contributed by atoms with Crippen molar-refractivity contribution in [2.45, 2.75) is 77.2 Å². The Balaban J connectivity index is 2.09. The molecule has 1 aliphatic carbocycles. The average Bonchev–Trinajstić information content (AvgIpc) is 2.28. The molecule has 0 spiro atoms. The Bertz CT molecular complexity index is 189. The summed E-state index contributed by atoms with van der Waals surface area (Å²) in [6.07, 6.45) is 12.3. The maximum absolute atomic E-state index is 5.92. The van der Waals surface area contributed by atoms with Gasteiger partial charge in [-0.1, -0.05) is 51.9 Å². The maximum Gasteiger partial charge on any atom is 0.0275 e. The molecule has 0 aliphatic heterocycles. The van der Waals surface area contributed by atoms with Crippen LogP contribution in [0.4, 0.5) is 0 Å². The lowest BCUT2D eigenvalue weighted by Crippen LogP contribution is -2.49. The first-order valence-corrected chi connectivity index (χ1v) is 7.65. The Morgan fingerprint density at radius 3 is 2.53 bits per heavy atom. The molecule has 0 saturated heterocycles. The van der Waals surface area contributed by atoms with Crippen LogP contribution < -0.4 is 11.1 Å². The summed E-state index contributed by atoms with van der Waals surface area (Å²) in [4.78, 5) is 0. The van der Waals surface area contributed by atoms with Gasteiger partial charge in [0.15, 0.2) is 0 Å². The van der Waals surface area contributed by atoms with Crippen LogP contribution in [0.5, 0.6) is 0 Å². The lowest BCUT2D eigenvalue weighted by atomic mass is 9.83. The van der Waals surface area contributed by atoms with Gasteiger partial charge in [-0.05, 0) is 32.2 Å². The highest BCUT2D eigenvalue weighted by atomic mass is 15.0. The van der Waals surface area contributed by atoms with Gasteiger partial charge in [-0.3, -0.25) is 0 Å². The molecule has 1 saturated carbocycles. The minimum Gasteiger partial charge on any atom is -0.329 e. The first-order valence-electron chi connectivity index (χ1n) is 7.65. The van der Waals surface area contributed by atoms with Gasteiger partial charge in [-0.25, -0.2) is 0 Å².